The van der Waals surface area contributed by atoms with Gasteiger partial charge in [0, 0.05) is 19.3 Å². The highest BCUT2D eigenvalue weighted by Crippen LogP contribution is 2.17. The molecule has 1 unspecified atom stereocenters. The van der Waals surface area contributed by atoms with Gasteiger partial charge < -0.3 is 14.2 Å². The highest BCUT2D eigenvalue weighted by molar-refractivity contribution is 5.71. The second kappa shape index (κ2) is 54.5. The Hall–Kier alpha value is -2.11. The van der Waals surface area contributed by atoms with Crippen LogP contribution in [0.5, 0.6) is 0 Å². The SMILES string of the molecule is CCCCCC/C=C\C/C=C\CCCCCCCC(=O)OC(COC(=O)CCCCCCCCCCCCCCC)COC(=O)CCCCCCCCCCCCCCCCCCCC. The number of esters is 3. The van der Waals surface area contributed by atoms with Crippen LogP contribution in [0.4, 0.5) is 0 Å². The van der Waals surface area contributed by atoms with Crippen LogP contribution in [-0.4, -0.2) is 37.2 Å². The van der Waals surface area contributed by atoms with Crippen molar-refractivity contribution in [2.45, 2.75) is 322 Å². The van der Waals surface area contributed by atoms with Crippen LogP contribution >= 0.6 is 0 Å². The Balaban J connectivity index is 4.33. The summed E-state index contributed by atoms with van der Waals surface area (Å²) in [5, 5.41) is 0. The Morgan fingerprint density at radius 2 is 0.554 bits per heavy atom. The second-order valence-corrected chi connectivity index (χ2v) is 19.6. The Kier molecular flexibility index (Phi) is 52.7. The molecule has 0 aliphatic heterocycles. The molecule has 0 spiro atoms. The average Bonchev–Trinajstić information content (AvgIpc) is 3.30. The predicted molar refractivity (Wildman–Crippen MR) is 279 cm³/mol. The number of hydrogen-bond acceptors (Lipinski definition) is 6. The first-order chi connectivity index (χ1) is 32.0. The van der Waals surface area contributed by atoms with Gasteiger partial charge in [-0.3, -0.25) is 14.4 Å². The molecule has 1 atom stereocenters. The zero-order chi connectivity index (χ0) is 47.2. The van der Waals surface area contributed by atoms with Gasteiger partial charge in [0.1, 0.15) is 13.2 Å². The lowest BCUT2D eigenvalue weighted by Gasteiger charge is -2.18. The summed E-state index contributed by atoms with van der Waals surface area (Å²) in [5.74, 6) is -0.864. The first-order valence-electron chi connectivity index (χ1n) is 28.8. The lowest BCUT2D eigenvalue weighted by atomic mass is 10.0. The molecule has 0 radical (unpaired) electrons. The fraction of sp³-hybridized carbons (Fsp3) is 0.881. The molecule has 382 valence electrons. The normalized spacial score (nSPS) is 12.1. The summed E-state index contributed by atoms with van der Waals surface area (Å²) in [7, 11) is 0. The zero-order valence-electron chi connectivity index (χ0n) is 43.8. The predicted octanol–water partition coefficient (Wildman–Crippen LogP) is 19.1. The van der Waals surface area contributed by atoms with E-state index in [1.807, 2.05) is 0 Å². The molecule has 6 nitrogen and oxygen atoms in total. The molecule has 0 saturated carbocycles. The van der Waals surface area contributed by atoms with Crippen LogP contribution in [0.2, 0.25) is 0 Å². The van der Waals surface area contributed by atoms with Gasteiger partial charge in [0.15, 0.2) is 6.10 Å². The third kappa shape index (κ3) is 52.7. The minimum atomic E-state index is -0.773. The maximum Gasteiger partial charge on any atom is 0.306 e. The van der Waals surface area contributed by atoms with E-state index in [0.717, 1.165) is 77.0 Å². The van der Waals surface area contributed by atoms with Crippen LogP contribution in [-0.2, 0) is 28.6 Å². The minimum absolute atomic E-state index is 0.0715. The minimum Gasteiger partial charge on any atom is -0.462 e. The second-order valence-electron chi connectivity index (χ2n) is 19.6. The number of carbonyl (C=O) groups is 3. The monoisotopic (exact) mass is 915 g/mol. The molecule has 0 aromatic rings. The van der Waals surface area contributed by atoms with E-state index in [0.29, 0.717) is 19.3 Å². The molecular weight excluding hydrogens is 805 g/mol. The molecule has 0 aliphatic rings. The summed E-state index contributed by atoms with van der Waals surface area (Å²) in [5.41, 5.74) is 0. The van der Waals surface area contributed by atoms with Crippen molar-refractivity contribution in [2.24, 2.45) is 0 Å². The number of hydrogen-bond donors (Lipinski definition) is 0. The third-order valence-corrected chi connectivity index (χ3v) is 13.0. The van der Waals surface area contributed by atoms with Crippen LogP contribution in [0.3, 0.4) is 0 Å². The summed E-state index contributed by atoms with van der Waals surface area (Å²) in [6, 6.07) is 0. The summed E-state index contributed by atoms with van der Waals surface area (Å²) in [6.45, 7) is 6.66. The summed E-state index contributed by atoms with van der Waals surface area (Å²) in [4.78, 5) is 38.1. The maximum absolute atomic E-state index is 12.8. The molecule has 0 aromatic carbocycles. The van der Waals surface area contributed by atoms with Gasteiger partial charge in [0.2, 0.25) is 0 Å². The van der Waals surface area contributed by atoms with E-state index in [1.54, 1.807) is 0 Å². The highest BCUT2D eigenvalue weighted by atomic mass is 16.6. The Bertz CT molecular complexity index is 1050. The number of carbonyl (C=O) groups excluding carboxylic acids is 3. The summed E-state index contributed by atoms with van der Waals surface area (Å²) >= 11 is 0. The van der Waals surface area contributed by atoms with E-state index in [1.165, 1.54) is 199 Å². The fourth-order valence-corrected chi connectivity index (χ4v) is 8.59. The van der Waals surface area contributed by atoms with Gasteiger partial charge in [0.25, 0.3) is 0 Å². The summed E-state index contributed by atoms with van der Waals surface area (Å²) in [6.07, 6.45) is 63.1. The largest absolute Gasteiger partial charge is 0.462 e. The van der Waals surface area contributed by atoms with Gasteiger partial charge in [-0.15, -0.1) is 0 Å². The number of rotatable bonds is 53. The lowest BCUT2D eigenvalue weighted by Crippen LogP contribution is -2.30. The van der Waals surface area contributed by atoms with E-state index >= 15 is 0 Å². The van der Waals surface area contributed by atoms with Crippen molar-refractivity contribution in [3.05, 3.63) is 24.3 Å². The Labute approximate surface area is 404 Å². The van der Waals surface area contributed by atoms with Gasteiger partial charge in [-0.1, -0.05) is 270 Å². The van der Waals surface area contributed by atoms with Crippen LogP contribution in [0.25, 0.3) is 0 Å². The molecule has 6 heteroatoms. The standard InChI is InChI=1S/C59H110O6/c1-4-7-10-13-16-19-22-25-27-29-30-32-34-37-40-43-46-49-52-58(61)64-55-56(54-63-57(60)51-48-45-42-39-36-33-24-21-18-15-12-9-6-3)65-59(62)53-50-47-44-41-38-35-31-28-26-23-20-17-14-11-8-5-2/h20,23,28,31,56H,4-19,21-22,24-27,29-30,32-55H2,1-3H3/b23-20-,31-28-. The van der Waals surface area contributed by atoms with Crippen molar-refractivity contribution in [2.75, 3.05) is 13.2 Å². The van der Waals surface area contributed by atoms with Crippen molar-refractivity contribution in [3.8, 4) is 0 Å². The number of allylic oxidation sites excluding steroid dienone is 4. The van der Waals surface area contributed by atoms with Gasteiger partial charge >= 0.3 is 17.9 Å². The van der Waals surface area contributed by atoms with Gasteiger partial charge in [-0.25, -0.2) is 0 Å². The van der Waals surface area contributed by atoms with E-state index in [-0.39, 0.29) is 31.1 Å². The molecule has 0 aliphatic carbocycles. The Morgan fingerprint density at radius 3 is 0.862 bits per heavy atom. The van der Waals surface area contributed by atoms with Crippen molar-refractivity contribution in [1.29, 1.82) is 0 Å². The average molecular weight is 916 g/mol. The molecule has 0 heterocycles. The van der Waals surface area contributed by atoms with Crippen molar-refractivity contribution in [1.82, 2.24) is 0 Å². The molecule has 0 amide bonds. The molecule has 0 rings (SSSR count). The molecule has 0 bridgehead atoms. The first-order valence-corrected chi connectivity index (χ1v) is 28.8. The number of ether oxygens (including phenoxy) is 3. The van der Waals surface area contributed by atoms with Gasteiger partial charge in [0.05, 0.1) is 0 Å². The van der Waals surface area contributed by atoms with E-state index in [9.17, 15) is 14.4 Å². The molecule has 0 saturated heterocycles. The van der Waals surface area contributed by atoms with Gasteiger partial charge in [-0.05, 0) is 51.4 Å². The van der Waals surface area contributed by atoms with Crippen LogP contribution in [0.15, 0.2) is 24.3 Å². The molecule has 0 fully saturated rings. The molecule has 0 N–H and O–H groups in total. The van der Waals surface area contributed by atoms with E-state index in [2.05, 4.69) is 45.1 Å². The maximum atomic E-state index is 12.8. The van der Waals surface area contributed by atoms with Gasteiger partial charge in [-0.2, -0.15) is 0 Å². The topological polar surface area (TPSA) is 78.9 Å². The fourth-order valence-electron chi connectivity index (χ4n) is 8.59. The van der Waals surface area contributed by atoms with E-state index in [4.69, 9.17) is 14.2 Å². The van der Waals surface area contributed by atoms with Crippen LogP contribution in [0.1, 0.15) is 316 Å². The smallest absolute Gasteiger partial charge is 0.306 e. The van der Waals surface area contributed by atoms with Crippen molar-refractivity contribution in [3.63, 3.8) is 0 Å². The van der Waals surface area contributed by atoms with E-state index < -0.39 is 6.10 Å². The highest BCUT2D eigenvalue weighted by Gasteiger charge is 2.19. The molecule has 65 heavy (non-hydrogen) atoms. The summed E-state index contributed by atoms with van der Waals surface area (Å²) < 4.78 is 16.9. The van der Waals surface area contributed by atoms with Crippen molar-refractivity contribution >= 4 is 17.9 Å². The third-order valence-electron chi connectivity index (χ3n) is 13.0. The zero-order valence-corrected chi connectivity index (χ0v) is 43.8. The molecule has 0 aromatic heterocycles. The first kappa shape index (κ1) is 62.9. The number of unbranched alkanes of at least 4 members (excludes halogenated alkanes) is 38. The van der Waals surface area contributed by atoms with Crippen LogP contribution < -0.4 is 0 Å². The molecular formula is C59H110O6. The van der Waals surface area contributed by atoms with Crippen molar-refractivity contribution < 1.29 is 28.6 Å². The lowest BCUT2D eigenvalue weighted by molar-refractivity contribution is -0.167. The quantitative estimate of drug-likeness (QED) is 0.0262. The Morgan fingerprint density at radius 1 is 0.308 bits per heavy atom. The van der Waals surface area contributed by atoms with Crippen LogP contribution in [0, 0.1) is 0 Å².